The maximum Gasteiger partial charge on any atom is 0.115 e. The Labute approximate surface area is 121 Å². The van der Waals surface area contributed by atoms with Gasteiger partial charge in [-0.05, 0) is 19.3 Å². The second kappa shape index (κ2) is 6.88. The molecule has 1 radical (unpaired) electrons. The fourth-order valence-electron chi connectivity index (χ4n) is 3.87. The lowest BCUT2D eigenvalue weighted by atomic mass is 9.73. The van der Waals surface area contributed by atoms with Gasteiger partial charge in [0.25, 0.3) is 0 Å². The minimum absolute atomic E-state index is 0.145. The first-order valence-corrected chi connectivity index (χ1v) is 7.34. The Morgan fingerprint density at radius 1 is 1.00 bits per heavy atom. The van der Waals surface area contributed by atoms with Gasteiger partial charge in [0.15, 0.2) is 0 Å². The minimum Gasteiger partial charge on any atom is -0.396 e. The van der Waals surface area contributed by atoms with Crippen LogP contribution in [-0.2, 0) is 5.21 Å². The molecule has 0 unspecified atom stereocenters. The summed E-state index contributed by atoms with van der Waals surface area (Å²) in [7, 11) is 0. The second-order valence-electron chi connectivity index (χ2n) is 5.42. The predicted molar refractivity (Wildman–Crippen MR) is 74.9 cm³/mol. The lowest BCUT2D eigenvalue weighted by Crippen LogP contribution is -2.52. The van der Waals surface area contributed by atoms with Crippen LogP contribution >= 0.6 is 0 Å². The highest BCUT2D eigenvalue weighted by Gasteiger charge is 2.64. The van der Waals surface area contributed by atoms with Crippen molar-refractivity contribution in [3.05, 3.63) is 0 Å². The zero-order valence-corrected chi connectivity index (χ0v) is 12.6. The molecule has 5 heteroatoms. The molecule has 0 aromatic heterocycles. The Morgan fingerprint density at radius 2 is 1.55 bits per heavy atom. The molecule has 0 bridgehead atoms. The Morgan fingerprint density at radius 3 is 1.90 bits per heavy atom. The molecule has 0 aliphatic carbocycles. The smallest absolute Gasteiger partial charge is 0.115 e. The Kier molecular flexibility index (Phi) is 5.99. The molecule has 3 N–H and O–H groups in total. The summed E-state index contributed by atoms with van der Waals surface area (Å²) < 4.78 is 0. The summed E-state index contributed by atoms with van der Waals surface area (Å²) in [6.07, 6.45) is 1.64. The van der Waals surface area contributed by atoms with Crippen LogP contribution in [0.2, 0.25) is 0 Å². The fraction of sp³-hybridized carbons (Fsp3) is 0.867. The first kappa shape index (κ1) is 17.4. The van der Waals surface area contributed by atoms with Crippen LogP contribution in [-0.4, -0.2) is 51.3 Å². The summed E-state index contributed by atoms with van der Waals surface area (Å²) in [4.78, 5) is 0. The molecule has 1 fully saturated rings. The topological polar surface area (TPSA) is 83.8 Å². The molecule has 5 nitrogen and oxygen atoms in total. The third kappa shape index (κ3) is 2.26. The molecule has 0 amide bonds. The minimum atomic E-state index is -1.03. The van der Waals surface area contributed by atoms with E-state index in [1.807, 2.05) is 20.8 Å². The number of hydrogen-bond donors (Lipinski definition) is 3. The number of aliphatic hydroxyl groups excluding tert-OH is 3. The zero-order chi connectivity index (χ0) is 15.4. The summed E-state index contributed by atoms with van der Waals surface area (Å²) in [6, 6.07) is 0. The van der Waals surface area contributed by atoms with E-state index >= 15 is 0 Å². The van der Waals surface area contributed by atoms with Crippen LogP contribution in [0.25, 0.3) is 0 Å². The van der Waals surface area contributed by atoms with Crippen LogP contribution < -0.4 is 0 Å². The van der Waals surface area contributed by atoms with E-state index in [1.54, 1.807) is 0 Å². The molecule has 0 spiro atoms. The van der Waals surface area contributed by atoms with Gasteiger partial charge in [-0.1, -0.05) is 32.6 Å². The van der Waals surface area contributed by atoms with Crippen molar-refractivity contribution in [2.75, 3.05) is 19.8 Å². The molecule has 0 aromatic rings. The number of hydrogen-bond acceptors (Lipinski definition) is 4. The van der Waals surface area contributed by atoms with Gasteiger partial charge in [-0.15, -0.1) is 10.3 Å². The summed E-state index contributed by atoms with van der Waals surface area (Å²) >= 11 is 0. The SMILES string of the molecule is CCC1(CC)[C@H](CO)[C@@H](CO)[C@](C#CCO)(CC)N1[O]. The molecule has 1 heterocycles. The first-order chi connectivity index (χ1) is 9.54. The molecule has 0 aromatic carbocycles. The van der Waals surface area contributed by atoms with Crippen LogP contribution in [0, 0.1) is 23.7 Å². The van der Waals surface area contributed by atoms with Crippen molar-refractivity contribution in [1.82, 2.24) is 5.06 Å². The quantitative estimate of drug-likeness (QED) is 0.644. The van der Waals surface area contributed by atoms with Crippen LogP contribution in [0.15, 0.2) is 0 Å². The highest BCUT2D eigenvalue weighted by molar-refractivity contribution is 5.27. The number of nitrogens with zero attached hydrogens (tertiary/aromatic N) is 1. The third-order valence-corrected chi connectivity index (χ3v) is 5.10. The zero-order valence-electron chi connectivity index (χ0n) is 12.6. The largest absolute Gasteiger partial charge is 0.396 e. The van der Waals surface area contributed by atoms with E-state index in [2.05, 4.69) is 11.8 Å². The maximum absolute atomic E-state index is 13.0. The third-order valence-electron chi connectivity index (χ3n) is 5.10. The van der Waals surface area contributed by atoms with Crippen LogP contribution in [0.5, 0.6) is 0 Å². The monoisotopic (exact) mass is 284 g/mol. The average molecular weight is 284 g/mol. The van der Waals surface area contributed by atoms with Crippen molar-refractivity contribution >= 4 is 0 Å². The summed E-state index contributed by atoms with van der Waals surface area (Å²) in [6.45, 7) is 5.06. The lowest BCUT2D eigenvalue weighted by Gasteiger charge is -2.39. The Balaban J connectivity index is 3.44. The van der Waals surface area contributed by atoms with Crippen molar-refractivity contribution < 1.29 is 20.5 Å². The summed E-state index contributed by atoms with van der Waals surface area (Å²) in [5.74, 6) is 4.73. The Hall–Kier alpha value is -0.640. The van der Waals surface area contributed by atoms with E-state index in [0.717, 1.165) is 5.06 Å². The average Bonchev–Trinajstić information content (AvgIpc) is 2.70. The van der Waals surface area contributed by atoms with Gasteiger partial charge in [-0.2, -0.15) is 0 Å². The first-order valence-electron chi connectivity index (χ1n) is 7.34. The van der Waals surface area contributed by atoms with Gasteiger partial charge in [0, 0.05) is 25.0 Å². The molecule has 115 valence electrons. The van der Waals surface area contributed by atoms with Crippen LogP contribution in [0.1, 0.15) is 40.0 Å². The summed E-state index contributed by atoms with van der Waals surface area (Å²) in [5.41, 5.74) is -1.74. The van der Waals surface area contributed by atoms with E-state index in [0.29, 0.717) is 19.3 Å². The standard InChI is InChI=1S/C15H26NO4/c1-4-14(5-2)12(10-18)13(11-19)15(6-3,16(14)20)8-7-9-17/h12-13,17-19H,4-6,9-11H2,1-3H3/t12-,13-,15-/m1/s1. The van der Waals surface area contributed by atoms with E-state index in [-0.39, 0.29) is 25.7 Å². The van der Waals surface area contributed by atoms with Gasteiger partial charge in [-0.25, -0.2) is 0 Å². The van der Waals surface area contributed by atoms with Gasteiger partial charge in [0.1, 0.15) is 12.1 Å². The Bertz CT molecular complexity index is 368. The van der Waals surface area contributed by atoms with Crippen molar-refractivity contribution in [2.24, 2.45) is 11.8 Å². The number of hydroxylamine groups is 2. The fourth-order valence-corrected chi connectivity index (χ4v) is 3.87. The van der Waals surface area contributed by atoms with Gasteiger partial charge < -0.3 is 15.3 Å². The van der Waals surface area contributed by atoms with Gasteiger partial charge in [-0.3, -0.25) is 0 Å². The molecule has 1 aliphatic rings. The van der Waals surface area contributed by atoms with Crippen molar-refractivity contribution in [3.63, 3.8) is 0 Å². The maximum atomic E-state index is 13.0. The molecular formula is C15H26NO4. The van der Waals surface area contributed by atoms with Gasteiger partial charge in [0.05, 0.1) is 5.54 Å². The number of aliphatic hydroxyl groups is 3. The van der Waals surface area contributed by atoms with E-state index in [1.165, 1.54) is 0 Å². The van der Waals surface area contributed by atoms with Crippen molar-refractivity contribution in [2.45, 2.75) is 51.1 Å². The van der Waals surface area contributed by atoms with Gasteiger partial charge in [0.2, 0.25) is 0 Å². The molecule has 0 saturated carbocycles. The molecular weight excluding hydrogens is 258 g/mol. The van der Waals surface area contributed by atoms with Crippen LogP contribution in [0.3, 0.4) is 0 Å². The van der Waals surface area contributed by atoms with E-state index < -0.39 is 17.0 Å². The number of rotatable bonds is 5. The summed E-state index contributed by atoms with van der Waals surface area (Å²) in [5, 5.41) is 42.5. The lowest BCUT2D eigenvalue weighted by molar-refractivity contribution is -0.258. The predicted octanol–water partition coefficient (Wildman–Crippen LogP) is 0.568. The highest BCUT2D eigenvalue weighted by Crippen LogP contribution is 2.52. The normalized spacial score (nSPS) is 33.0. The molecule has 1 rings (SSSR count). The van der Waals surface area contributed by atoms with Crippen LogP contribution in [0.4, 0.5) is 0 Å². The molecule has 1 aliphatic heterocycles. The van der Waals surface area contributed by atoms with Crippen molar-refractivity contribution in [3.8, 4) is 11.8 Å². The second-order valence-corrected chi connectivity index (χ2v) is 5.42. The van der Waals surface area contributed by atoms with E-state index in [4.69, 9.17) is 5.11 Å². The molecule has 3 atom stereocenters. The molecule has 1 saturated heterocycles. The molecule has 20 heavy (non-hydrogen) atoms. The van der Waals surface area contributed by atoms with Crippen molar-refractivity contribution in [1.29, 1.82) is 0 Å². The van der Waals surface area contributed by atoms with E-state index in [9.17, 15) is 15.4 Å². The highest BCUT2D eigenvalue weighted by atomic mass is 16.5. The van der Waals surface area contributed by atoms with Gasteiger partial charge >= 0.3 is 0 Å².